The van der Waals surface area contributed by atoms with Crippen LogP contribution in [-0.4, -0.2) is 29.2 Å². The largest absolute Gasteiger partial charge is 0.478 e. The summed E-state index contributed by atoms with van der Waals surface area (Å²) in [5.74, 6) is 1.15. The van der Waals surface area contributed by atoms with Gasteiger partial charge in [0, 0.05) is 19.3 Å². The molecular formula is C27H24N2O6. The predicted molar refractivity (Wildman–Crippen MR) is 129 cm³/mol. The van der Waals surface area contributed by atoms with E-state index in [0.717, 1.165) is 11.3 Å². The summed E-state index contributed by atoms with van der Waals surface area (Å²) >= 11 is 0. The number of aryl methyl sites for hydroxylation is 1. The van der Waals surface area contributed by atoms with Gasteiger partial charge in [0.2, 0.25) is 11.2 Å². The summed E-state index contributed by atoms with van der Waals surface area (Å²) in [6.07, 6.45) is 1.76. The average Bonchev–Trinajstić information content (AvgIpc) is 2.87. The van der Waals surface area contributed by atoms with E-state index < -0.39 is 5.97 Å². The van der Waals surface area contributed by atoms with Gasteiger partial charge in [0.1, 0.15) is 29.6 Å². The van der Waals surface area contributed by atoms with E-state index in [1.807, 2.05) is 18.2 Å². The Bertz CT molecular complexity index is 1430. The molecule has 1 aliphatic heterocycles. The van der Waals surface area contributed by atoms with Crippen LogP contribution in [0.4, 0.5) is 0 Å². The van der Waals surface area contributed by atoms with Crippen molar-refractivity contribution < 1.29 is 23.4 Å². The Kier molecular flexibility index (Phi) is 6.20. The molecule has 0 saturated heterocycles. The highest BCUT2D eigenvalue weighted by Crippen LogP contribution is 2.34. The molecule has 0 bridgehead atoms. The third-order valence-corrected chi connectivity index (χ3v) is 5.72. The Hall–Kier alpha value is -4.17. The third kappa shape index (κ3) is 4.61. The smallest absolute Gasteiger partial charge is 0.338 e. The zero-order valence-corrected chi connectivity index (χ0v) is 19.4. The monoisotopic (exact) mass is 472 g/mol. The van der Waals surface area contributed by atoms with Crippen LogP contribution in [0.3, 0.4) is 0 Å². The molecule has 0 amide bonds. The van der Waals surface area contributed by atoms with E-state index >= 15 is 0 Å². The second kappa shape index (κ2) is 9.60. The van der Waals surface area contributed by atoms with Gasteiger partial charge >= 0.3 is 5.97 Å². The van der Waals surface area contributed by atoms with E-state index in [9.17, 15) is 9.59 Å². The number of hydrogen-bond acceptors (Lipinski definition) is 8. The van der Waals surface area contributed by atoms with Crippen molar-refractivity contribution in [2.75, 3.05) is 13.3 Å². The van der Waals surface area contributed by atoms with Crippen LogP contribution in [0, 0.1) is 6.92 Å². The highest BCUT2D eigenvalue weighted by Gasteiger charge is 2.24. The van der Waals surface area contributed by atoms with Crippen LogP contribution in [0.25, 0.3) is 11.0 Å². The first-order valence-electron chi connectivity index (χ1n) is 11.3. The number of aromatic nitrogens is 1. The van der Waals surface area contributed by atoms with Crippen molar-refractivity contribution >= 4 is 16.9 Å². The molecule has 0 aliphatic carbocycles. The summed E-state index contributed by atoms with van der Waals surface area (Å²) in [5, 5.41) is 0.413. The van der Waals surface area contributed by atoms with Crippen molar-refractivity contribution in [3.63, 3.8) is 0 Å². The van der Waals surface area contributed by atoms with Crippen molar-refractivity contribution in [3.05, 3.63) is 93.6 Å². The average molecular weight is 472 g/mol. The molecular weight excluding hydrogens is 448 g/mol. The molecule has 35 heavy (non-hydrogen) atoms. The molecule has 5 rings (SSSR count). The Labute approximate surface area is 201 Å². The van der Waals surface area contributed by atoms with E-state index in [2.05, 4.69) is 9.88 Å². The van der Waals surface area contributed by atoms with Crippen molar-refractivity contribution in [1.29, 1.82) is 0 Å². The molecule has 0 N–H and O–H groups in total. The summed E-state index contributed by atoms with van der Waals surface area (Å²) < 4.78 is 22.9. The Morgan fingerprint density at radius 2 is 1.94 bits per heavy atom. The summed E-state index contributed by atoms with van der Waals surface area (Å²) in [5.41, 5.74) is 2.37. The highest BCUT2D eigenvalue weighted by molar-refractivity contribution is 5.89. The molecule has 178 valence electrons. The van der Waals surface area contributed by atoms with Gasteiger partial charge in [-0.25, -0.2) is 4.79 Å². The van der Waals surface area contributed by atoms with Crippen LogP contribution < -0.4 is 14.9 Å². The van der Waals surface area contributed by atoms with Crippen LogP contribution in [0.1, 0.15) is 34.3 Å². The first-order valence-corrected chi connectivity index (χ1v) is 11.3. The van der Waals surface area contributed by atoms with Crippen molar-refractivity contribution in [2.45, 2.75) is 26.9 Å². The molecule has 2 aromatic heterocycles. The first-order chi connectivity index (χ1) is 17.0. The van der Waals surface area contributed by atoms with E-state index in [-0.39, 0.29) is 11.2 Å². The SMILES string of the molecule is CCOC(=O)c1ccc(Oc2c(C)oc3c4c(ccc3c2=O)OCN(Cc2ccccn2)C4)cc1. The van der Waals surface area contributed by atoms with Crippen LogP contribution in [0.2, 0.25) is 0 Å². The van der Waals surface area contributed by atoms with Crippen molar-refractivity contribution in [1.82, 2.24) is 9.88 Å². The van der Waals surface area contributed by atoms with Gasteiger partial charge in [0.05, 0.1) is 28.8 Å². The van der Waals surface area contributed by atoms with Crippen LogP contribution in [-0.2, 0) is 17.8 Å². The number of pyridine rings is 1. The minimum atomic E-state index is -0.412. The Morgan fingerprint density at radius 3 is 2.69 bits per heavy atom. The number of nitrogens with zero attached hydrogens (tertiary/aromatic N) is 2. The minimum Gasteiger partial charge on any atom is -0.478 e. The lowest BCUT2D eigenvalue weighted by Gasteiger charge is -2.29. The number of benzene rings is 2. The van der Waals surface area contributed by atoms with E-state index in [1.54, 1.807) is 56.4 Å². The number of esters is 1. The maximum Gasteiger partial charge on any atom is 0.338 e. The van der Waals surface area contributed by atoms with Gasteiger partial charge in [0.15, 0.2) is 0 Å². The van der Waals surface area contributed by atoms with Crippen LogP contribution in [0.5, 0.6) is 17.2 Å². The maximum atomic E-state index is 13.3. The lowest BCUT2D eigenvalue weighted by atomic mass is 10.1. The maximum absolute atomic E-state index is 13.3. The summed E-state index contributed by atoms with van der Waals surface area (Å²) in [4.78, 5) is 31.7. The third-order valence-electron chi connectivity index (χ3n) is 5.72. The number of hydrogen-bond donors (Lipinski definition) is 0. The number of carbonyl (C=O) groups excluding carboxylic acids is 1. The van der Waals surface area contributed by atoms with E-state index in [4.69, 9.17) is 18.6 Å². The lowest BCUT2D eigenvalue weighted by Crippen LogP contribution is -2.32. The fraction of sp³-hybridized carbons (Fsp3) is 0.222. The normalized spacial score (nSPS) is 13.2. The molecule has 8 nitrogen and oxygen atoms in total. The molecule has 3 heterocycles. The molecule has 0 radical (unpaired) electrons. The van der Waals surface area contributed by atoms with Gasteiger partial charge in [-0.15, -0.1) is 0 Å². The van der Waals surface area contributed by atoms with Crippen LogP contribution in [0.15, 0.2) is 70.0 Å². The highest BCUT2D eigenvalue weighted by atomic mass is 16.5. The fourth-order valence-corrected chi connectivity index (χ4v) is 4.03. The van der Waals surface area contributed by atoms with Crippen LogP contribution >= 0.6 is 0 Å². The topological polar surface area (TPSA) is 91.1 Å². The fourth-order valence-electron chi connectivity index (χ4n) is 4.03. The zero-order chi connectivity index (χ0) is 24.4. The summed E-state index contributed by atoms with van der Waals surface area (Å²) in [6.45, 7) is 5.33. The standard InChI is InChI=1S/C27H24N2O6/c1-3-32-27(31)18-7-9-20(10-8-18)35-25-17(2)34-26-21(24(25)30)11-12-23-22(26)15-29(16-33-23)14-19-6-4-5-13-28-19/h4-13H,3,14-16H2,1-2H3. The zero-order valence-electron chi connectivity index (χ0n) is 19.4. The van der Waals surface area contributed by atoms with Gasteiger partial charge in [0.25, 0.3) is 0 Å². The number of ether oxygens (including phenoxy) is 3. The van der Waals surface area contributed by atoms with E-state index in [0.29, 0.717) is 60.2 Å². The van der Waals surface area contributed by atoms with Gasteiger partial charge in [-0.3, -0.25) is 14.7 Å². The lowest BCUT2D eigenvalue weighted by molar-refractivity contribution is 0.0526. The summed E-state index contributed by atoms with van der Waals surface area (Å²) in [7, 11) is 0. The second-order valence-corrected chi connectivity index (χ2v) is 8.16. The second-order valence-electron chi connectivity index (χ2n) is 8.16. The van der Waals surface area contributed by atoms with Gasteiger partial charge in [-0.2, -0.15) is 0 Å². The Morgan fingerprint density at radius 1 is 1.11 bits per heavy atom. The van der Waals surface area contributed by atoms with Crippen molar-refractivity contribution in [2.24, 2.45) is 0 Å². The predicted octanol–water partition coefficient (Wildman–Crippen LogP) is 4.82. The summed E-state index contributed by atoms with van der Waals surface area (Å²) in [6, 6.07) is 15.7. The molecule has 0 unspecified atom stereocenters. The number of fused-ring (bicyclic) bond motifs is 3. The van der Waals surface area contributed by atoms with E-state index in [1.165, 1.54) is 0 Å². The molecule has 0 saturated carbocycles. The molecule has 1 aliphatic rings. The Balaban J connectivity index is 1.43. The molecule has 2 aromatic carbocycles. The quantitative estimate of drug-likeness (QED) is 0.369. The molecule has 0 fully saturated rings. The number of carbonyl (C=O) groups is 1. The first kappa shape index (κ1) is 22.6. The minimum absolute atomic E-state index is 0.100. The van der Waals surface area contributed by atoms with Gasteiger partial charge in [-0.05, 0) is 62.4 Å². The molecule has 4 aromatic rings. The molecule has 8 heteroatoms. The van der Waals surface area contributed by atoms with Crippen molar-refractivity contribution in [3.8, 4) is 17.2 Å². The molecule has 0 atom stereocenters. The van der Waals surface area contributed by atoms with Gasteiger partial charge < -0.3 is 18.6 Å². The van der Waals surface area contributed by atoms with Gasteiger partial charge in [-0.1, -0.05) is 6.07 Å². The molecule has 0 spiro atoms. The number of rotatable bonds is 6.